The number of aromatic nitrogens is 2. The zero-order valence-corrected chi connectivity index (χ0v) is 12.0. The van der Waals surface area contributed by atoms with Crippen molar-refractivity contribution in [3.05, 3.63) is 60.2 Å². The van der Waals surface area contributed by atoms with Gasteiger partial charge in [-0.3, -0.25) is 0 Å². The summed E-state index contributed by atoms with van der Waals surface area (Å²) >= 11 is 0. The van der Waals surface area contributed by atoms with E-state index in [9.17, 15) is 4.79 Å². The van der Waals surface area contributed by atoms with Crippen molar-refractivity contribution in [2.24, 2.45) is 0 Å². The summed E-state index contributed by atoms with van der Waals surface area (Å²) in [6, 6.07) is 9.54. The second-order valence-corrected chi connectivity index (χ2v) is 4.76. The second kappa shape index (κ2) is 7.99. The molecule has 1 aromatic carbocycles. The van der Waals surface area contributed by atoms with Crippen molar-refractivity contribution in [3.63, 3.8) is 0 Å². The highest BCUT2D eigenvalue weighted by Gasteiger charge is 2.23. The molecule has 1 saturated carbocycles. The number of amides is 1. The molecule has 0 spiro atoms. The molecule has 0 aliphatic heterocycles. The number of hydrogen-bond acceptors (Lipinski definition) is 4. The van der Waals surface area contributed by atoms with Crippen molar-refractivity contribution in [1.29, 1.82) is 0 Å². The van der Waals surface area contributed by atoms with E-state index in [1.54, 1.807) is 6.33 Å². The Morgan fingerprint density at radius 2 is 1.95 bits per heavy atom. The summed E-state index contributed by atoms with van der Waals surface area (Å²) in [5, 5.41) is 2.37. The maximum absolute atomic E-state index is 10.7. The lowest BCUT2D eigenvalue weighted by Crippen LogP contribution is -2.18. The topological polar surface area (TPSA) is 64.1 Å². The highest BCUT2D eigenvalue weighted by atomic mass is 16.5. The van der Waals surface area contributed by atoms with Gasteiger partial charge < -0.3 is 10.1 Å². The fourth-order valence-electron chi connectivity index (χ4n) is 1.73. The van der Waals surface area contributed by atoms with Crippen LogP contribution in [0.2, 0.25) is 0 Å². The Balaban J connectivity index is 0.000000217. The Kier molecular flexibility index (Phi) is 5.70. The van der Waals surface area contributed by atoms with E-state index in [0.29, 0.717) is 6.61 Å². The van der Waals surface area contributed by atoms with Crippen LogP contribution in [0.25, 0.3) is 0 Å². The van der Waals surface area contributed by atoms with Crippen LogP contribution in [0.3, 0.4) is 0 Å². The molecule has 2 aromatic rings. The minimum Gasteiger partial charge on any atom is -0.445 e. The normalized spacial score (nSPS) is 12.8. The van der Waals surface area contributed by atoms with Crippen molar-refractivity contribution in [1.82, 2.24) is 15.3 Å². The average molecular weight is 287 g/mol. The first-order chi connectivity index (χ1) is 10.3. The zero-order chi connectivity index (χ0) is 14.9. The summed E-state index contributed by atoms with van der Waals surface area (Å²) in [5.41, 5.74) is 2.29. The molecule has 112 valence electrons. The van der Waals surface area contributed by atoms with Gasteiger partial charge in [-0.25, -0.2) is 14.8 Å². The number of nitrogens with zero attached hydrogens (tertiary/aromatic N) is 2. The molecule has 21 heavy (non-hydrogen) atoms. The predicted octanol–water partition coefficient (Wildman–Crippen LogP) is 3.14. The molecule has 0 radical (unpaired) electrons. The highest BCUT2D eigenvalue weighted by Crippen LogP contribution is 2.38. The minimum atomic E-state index is -0.404. The third-order valence-corrected chi connectivity index (χ3v) is 3.05. The van der Waals surface area contributed by atoms with Crippen molar-refractivity contribution in [2.75, 3.05) is 7.05 Å². The van der Waals surface area contributed by atoms with Crippen LogP contribution in [-0.2, 0) is 11.3 Å². The highest BCUT2D eigenvalue weighted by molar-refractivity contribution is 5.66. The molecule has 1 aliphatic rings. The predicted molar refractivity (Wildman–Crippen MR) is 81.8 cm³/mol. The standard InChI is InChI=1S/C9H11NO2.C7H8N2.H2/c1-10-9(11)12-7-8-5-3-2-4-6-8;1-2-6(1)7-3-8-5-9-4-7;/h2-6H,7H2,1H3,(H,10,11);3-6H,1-2H2;1H. The SMILES string of the molecule is CNC(=O)OCc1ccccc1.[HH].c1ncc(C2CC2)cn1. The van der Waals surface area contributed by atoms with Gasteiger partial charge in [0.25, 0.3) is 0 Å². The third kappa shape index (κ3) is 5.60. The van der Waals surface area contributed by atoms with E-state index < -0.39 is 6.09 Å². The van der Waals surface area contributed by atoms with E-state index in [-0.39, 0.29) is 1.43 Å². The molecule has 0 saturated heterocycles. The van der Waals surface area contributed by atoms with E-state index in [0.717, 1.165) is 11.5 Å². The van der Waals surface area contributed by atoms with Crippen LogP contribution in [0.5, 0.6) is 0 Å². The van der Waals surface area contributed by atoms with Gasteiger partial charge in [0.2, 0.25) is 0 Å². The van der Waals surface area contributed by atoms with Gasteiger partial charge in [0, 0.05) is 20.9 Å². The molecule has 3 rings (SSSR count). The lowest BCUT2D eigenvalue weighted by molar-refractivity contribution is 0.142. The van der Waals surface area contributed by atoms with E-state index in [2.05, 4.69) is 15.3 Å². The molecule has 0 atom stereocenters. The molecular weight excluding hydrogens is 266 g/mol. The van der Waals surface area contributed by atoms with Gasteiger partial charge >= 0.3 is 6.09 Å². The fourth-order valence-corrected chi connectivity index (χ4v) is 1.73. The number of hydrogen-bond donors (Lipinski definition) is 1. The van der Waals surface area contributed by atoms with Crippen LogP contribution in [0, 0.1) is 0 Å². The van der Waals surface area contributed by atoms with Gasteiger partial charge in [0.05, 0.1) is 0 Å². The van der Waals surface area contributed by atoms with Crippen LogP contribution in [-0.4, -0.2) is 23.1 Å². The van der Waals surface area contributed by atoms with Gasteiger partial charge in [-0.05, 0) is 29.9 Å². The number of alkyl carbamates (subject to hydrolysis) is 1. The Bertz CT molecular complexity index is 548. The first-order valence-electron chi connectivity index (χ1n) is 6.93. The first-order valence-corrected chi connectivity index (χ1v) is 6.93. The summed E-state index contributed by atoms with van der Waals surface area (Å²) < 4.78 is 4.83. The van der Waals surface area contributed by atoms with Gasteiger partial charge in [-0.1, -0.05) is 30.3 Å². The molecule has 1 aromatic heterocycles. The van der Waals surface area contributed by atoms with Gasteiger partial charge in [0.15, 0.2) is 0 Å². The molecule has 5 nitrogen and oxygen atoms in total. The summed E-state index contributed by atoms with van der Waals surface area (Å²) in [4.78, 5) is 18.5. The lowest BCUT2D eigenvalue weighted by atomic mass is 10.2. The molecule has 1 amide bonds. The van der Waals surface area contributed by atoms with Crippen LogP contribution in [0.15, 0.2) is 49.1 Å². The molecule has 1 fully saturated rings. The van der Waals surface area contributed by atoms with Crippen molar-refractivity contribution in [3.8, 4) is 0 Å². The third-order valence-electron chi connectivity index (χ3n) is 3.05. The van der Waals surface area contributed by atoms with E-state index in [1.165, 1.54) is 25.5 Å². The molecule has 5 heteroatoms. The Labute approximate surface area is 125 Å². The summed E-state index contributed by atoms with van der Waals surface area (Å²) in [6.45, 7) is 0.320. The molecule has 1 N–H and O–H groups in total. The monoisotopic (exact) mass is 287 g/mol. The maximum Gasteiger partial charge on any atom is 0.407 e. The molecule has 1 aliphatic carbocycles. The van der Waals surface area contributed by atoms with E-state index >= 15 is 0 Å². The molecule has 0 bridgehead atoms. The van der Waals surface area contributed by atoms with E-state index in [1.807, 2.05) is 42.7 Å². The van der Waals surface area contributed by atoms with Gasteiger partial charge in [0.1, 0.15) is 12.9 Å². The number of nitrogens with one attached hydrogen (secondary N) is 1. The summed E-state index contributed by atoms with van der Waals surface area (Å²) in [6.07, 6.45) is 7.64. The number of rotatable bonds is 3. The number of carbonyl (C=O) groups is 1. The zero-order valence-electron chi connectivity index (χ0n) is 12.0. The van der Waals surface area contributed by atoms with Crippen LogP contribution < -0.4 is 5.32 Å². The molecular formula is C16H21N3O2. The fraction of sp³-hybridized carbons (Fsp3) is 0.312. The summed E-state index contributed by atoms with van der Waals surface area (Å²) in [7, 11) is 1.54. The average Bonchev–Trinajstić information content (AvgIpc) is 3.40. The molecule has 1 heterocycles. The Morgan fingerprint density at radius 3 is 2.52 bits per heavy atom. The number of ether oxygens (including phenoxy) is 1. The van der Waals surface area contributed by atoms with Crippen molar-refractivity contribution >= 4 is 6.09 Å². The first kappa shape index (κ1) is 15.0. The second-order valence-electron chi connectivity index (χ2n) is 4.76. The summed E-state index contributed by atoms with van der Waals surface area (Å²) in [5.74, 6) is 0.784. The van der Waals surface area contributed by atoms with Gasteiger partial charge in [-0.15, -0.1) is 0 Å². The quantitative estimate of drug-likeness (QED) is 0.942. The maximum atomic E-state index is 10.7. The molecule has 0 unspecified atom stereocenters. The minimum absolute atomic E-state index is 0. The van der Waals surface area contributed by atoms with Gasteiger partial charge in [-0.2, -0.15) is 0 Å². The Morgan fingerprint density at radius 1 is 1.29 bits per heavy atom. The van der Waals surface area contributed by atoms with Crippen LogP contribution >= 0.6 is 0 Å². The van der Waals surface area contributed by atoms with Crippen LogP contribution in [0.4, 0.5) is 4.79 Å². The lowest BCUT2D eigenvalue weighted by Gasteiger charge is -2.02. The van der Waals surface area contributed by atoms with E-state index in [4.69, 9.17) is 4.74 Å². The number of carbonyl (C=O) groups excluding carboxylic acids is 1. The van der Waals surface area contributed by atoms with Crippen LogP contribution in [0.1, 0.15) is 31.3 Å². The smallest absolute Gasteiger partial charge is 0.407 e. The van der Waals surface area contributed by atoms with Crippen molar-refractivity contribution in [2.45, 2.75) is 25.4 Å². The Hall–Kier alpha value is -2.43. The largest absolute Gasteiger partial charge is 0.445 e. The van der Waals surface area contributed by atoms with Crippen molar-refractivity contribution < 1.29 is 11.0 Å². The number of benzene rings is 1.